The molecule has 0 unspecified atom stereocenters. The molecule has 4 heteroatoms. The summed E-state index contributed by atoms with van der Waals surface area (Å²) in [7, 11) is 1.48. The van der Waals surface area contributed by atoms with E-state index in [1.807, 2.05) is 6.07 Å². The highest BCUT2D eigenvalue weighted by atomic mass is 32.2. The Bertz CT molecular complexity index is 408. The average Bonchev–Trinajstić information content (AvgIpc) is 2.25. The lowest BCUT2D eigenvalue weighted by atomic mass is 10.1. The Morgan fingerprint density at radius 1 is 1.41 bits per heavy atom. The van der Waals surface area contributed by atoms with Crippen molar-refractivity contribution in [1.29, 1.82) is 0 Å². The highest BCUT2D eigenvalue weighted by Gasteiger charge is 2.14. The van der Waals surface area contributed by atoms with Gasteiger partial charge in [0.25, 0.3) is 0 Å². The monoisotopic (exact) mass is 254 g/mol. The quantitative estimate of drug-likeness (QED) is 0.894. The van der Waals surface area contributed by atoms with E-state index in [0.717, 1.165) is 11.3 Å². The zero-order valence-corrected chi connectivity index (χ0v) is 11.4. The van der Waals surface area contributed by atoms with E-state index in [1.54, 1.807) is 23.9 Å². The summed E-state index contributed by atoms with van der Waals surface area (Å²) in [6.07, 6.45) is 0. The van der Waals surface area contributed by atoms with E-state index in [2.05, 4.69) is 20.8 Å². The molecule has 0 heterocycles. The van der Waals surface area contributed by atoms with Crippen LogP contribution in [0.4, 0.5) is 0 Å². The molecule has 1 rings (SSSR count). The van der Waals surface area contributed by atoms with Gasteiger partial charge in [0.05, 0.1) is 7.11 Å². The lowest BCUT2D eigenvalue weighted by Crippen LogP contribution is -2.08. The molecular formula is C13H18O3S. The maximum Gasteiger partial charge on any atom is 0.339 e. The van der Waals surface area contributed by atoms with Crippen molar-refractivity contribution < 1.29 is 14.6 Å². The van der Waals surface area contributed by atoms with Crippen LogP contribution in [0.5, 0.6) is 5.75 Å². The SMILES string of the molecule is COc1ccc(CSC(C)(C)C)cc1C(=O)O. The van der Waals surface area contributed by atoms with Crippen LogP contribution in [-0.2, 0) is 5.75 Å². The number of aromatic carboxylic acids is 1. The normalized spacial score (nSPS) is 11.3. The summed E-state index contributed by atoms with van der Waals surface area (Å²) in [5, 5.41) is 9.06. The van der Waals surface area contributed by atoms with E-state index in [4.69, 9.17) is 9.84 Å². The van der Waals surface area contributed by atoms with E-state index in [1.165, 1.54) is 7.11 Å². The molecular weight excluding hydrogens is 236 g/mol. The second-order valence-corrected chi connectivity index (χ2v) is 6.54. The summed E-state index contributed by atoms with van der Waals surface area (Å²) in [5.41, 5.74) is 1.22. The minimum atomic E-state index is -0.954. The number of benzene rings is 1. The molecule has 94 valence electrons. The third-order valence-corrected chi connectivity index (χ3v) is 3.51. The van der Waals surface area contributed by atoms with Crippen molar-refractivity contribution in [1.82, 2.24) is 0 Å². The van der Waals surface area contributed by atoms with E-state index in [0.29, 0.717) is 5.75 Å². The number of methoxy groups -OCH3 is 1. The van der Waals surface area contributed by atoms with Crippen LogP contribution in [0.2, 0.25) is 0 Å². The first kappa shape index (κ1) is 13.9. The fourth-order valence-corrected chi connectivity index (χ4v) is 2.09. The lowest BCUT2D eigenvalue weighted by Gasteiger charge is -2.17. The van der Waals surface area contributed by atoms with Gasteiger partial charge in [-0.05, 0) is 17.7 Å². The predicted molar refractivity (Wildman–Crippen MR) is 71.0 cm³/mol. The van der Waals surface area contributed by atoms with E-state index >= 15 is 0 Å². The topological polar surface area (TPSA) is 46.5 Å². The predicted octanol–water partition coefficient (Wildman–Crippen LogP) is 3.43. The molecule has 0 radical (unpaired) electrons. The van der Waals surface area contributed by atoms with Crippen LogP contribution in [0.1, 0.15) is 36.7 Å². The first-order chi connectivity index (χ1) is 7.83. The molecule has 0 aliphatic rings. The molecule has 0 spiro atoms. The van der Waals surface area contributed by atoms with Gasteiger partial charge in [-0.2, -0.15) is 11.8 Å². The third-order valence-electron chi connectivity index (χ3n) is 2.17. The molecule has 0 atom stereocenters. The molecule has 0 aromatic heterocycles. The van der Waals surface area contributed by atoms with Gasteiger partial charge in [-0.1, -0.05) is 26.8 Å². The Morgan fingerprint density at radius 3 is 2.53 bits per heavy atom. The summed E-state index contributed by atoms with van der Waals surface area (Å²) >= 11 is 1.79. The van der Waals surface area contributed by atoms with Gasteiger partial charge >= 0.3 is 5.97 Å². The molecule has 1 aromatic carbocycles. The Kier molecular flexibility index (Phi) is 4.46. The standard InChI is InChI=1S/C13H18O3S/c1-13(2,3)17-8-9-5-6-11(16-4)10(7-9)12(14)15/h5-7H,8H2,1-4H3,(H,14,15). The van der Waals surface area contributed by atoms with Gasteiger partial charge in [-0.15, -0.1) is 0 Å². The summed E-state index contributed by atoms with van der Waals surface area (Å²) in [6, 6.07) is 5.30. The molecule has 0 amide bonds. The number of rotatable bonds is 4. The minimum Gasteiger partial charge on any atom is -0.496 e. The summed E-state index contributed by atoms with van der Waals surface area (Å²) in [5.74, 6) is 0.250. The second-order valence-electron chi connectivity index (χ2n) is 4.74. The lowest BCUT2D eigenvalue weighted by molar-refractivity contribution is 0.0693. The van der Waals surface area contributed by atoms with Gasteiger partial charge in [0.1, 0.15) is 11.3 Å². The fourth-order valence-electron chi connectivity index (χ4n) is 1.31. The van der Waals surface area contributed by atoms with Gasteiger partial charge in [0, 0.05) is 10.5 Å². The van der Waals surface area contributed by atoms with Crippen LogP contribution >= 0.6 is 11.8 Å². The highest BCUT2D eigenvalue weighted by Crippen LogP contribution is 2.29. The van der Waals surface area contributed by atoms with Crippen molar-refractivity contribution in [2.24, 2.45) is 0 Å². The first-order valence-corrected chi connectivity index (χ1v) is 6.36. The Hall–Kier alpha value is -1.16. The van der Waals surface area contributed by atoms with E-state index < -0.39 is 5.97 Å². The van der Waals surface area contributed by atoms with Gasteiger partial charge < -0.3 is 9.84 Å². The number of ether oxygens (including phenoxy) is 1. The van der Waals surface area contributed by atoms with Crippen molar-refractivity contribution >= 4 is 17.7 Å². The maximum absolute atomic E-state index is 11.0. The van der Waals surface area contributed by atoms with Crippen LogP contribution in [-0.4, -0.2) is 22.9 Å². The van der Waals surface area contributed by atoms with Gasteiger partial charge in [-0.3, -0.25) is 0 Å². The van der Waals surface area contributed by atoms with Crippen molar-refractivity contribution in [3.05, 3.63) is 29.3 Å². The first-order valence-electron chi connectivity index (χ1n) is 5.37. The smallest absolute Gasteiger partial charge is 0.339 e. The van der Waals surface area contributed by atoms with Crippen LogP contribution < -0.4 is 4.74 Å². The average molecular weight is 254 g/mol. The molecule has 0 saturated carbocycles. The van der Waals surface area contributed by atoms with Gasteiger partial charge in [0.2, 0.25) is 0 Å². The zero-order chi connectivity index (χ0) is 13.1. The molecule has 0 bridgehead atoms. The number of carboxylic acid groups (broad SMARTS) is 1. The van der Waals surface area contributed by atoms with Crippen LogP contribution in [0, 0.1) is 0 Å². The molecule has 17 heavy (non-hydrogen) atoms. The van der Waals surface area contributed by atoms with Crippen molar-refractivity contribution in [2.45, 2.75) is 31.3 Å². The minimum absolute atomic E-state index is 0.170. The van der Waals surface area contributed by atoms with Gasteiger partial charge in [0.15, 0.2) is 0 Å². The van der Waals surface area contributed by atoms with Crippen LogP contribution in [0.25, 0.3) is 0 Å². The maximum atomic E-state index is 11.0. The molecule has 0 saturated heterocycles. The Labute approximate surface area is 106 Å². The third kappa shape index (κ3) is 4.30. The molecule has 0 aliphatic heterocycles. The van der Waals surface area contributed by atoms with E-state index in [-0.39, 0.29) is 10.3 Å². The van der Waals surface area contributed by atoms with Gasteiger partial charge in [-0.25, -0.2) is 4.79 Å². The van der Waals surface area contributed by atoms with Crippen molar-refractivity contribution in [3.8, 4) is 5.75 Å². The molecule has 1 aromatic rings. The number of hydrogen-bond donors (Lipinski definition) is 1. The summed E-state index contributed by atoms with van der Waals surface area (Å²) in [6.45, 7) is 6.41. The zero-order valence-electron chi connectivity index (χ0n) is 10.6. The van der Waals surface area contributed by atoms with Crippen LogP contribution in [0.3, 0.4) is 0 Å². The summed E-state index contributed by atoms with van der Waals surface area (Å²) in [4.78, 5) is 11.0. The summed E-state index contributed by atoms with van der Waals surface area (Å²) < 4.78 is 5.19. The number of thioether (sulfide) groups is 1. The van der Waals surface area contributed by atoms with Crippen LogP contribution in [0.15, 0.2) is 18.2 Å². The molecule has 3 nitrogen and oxygen atoms in total. The van der Waals surface area contributed by atoms with Crippen molar-refractivity contribution in [2.75, 3.05) is 7.11 Å². The number of carboxylic acids is 1. The Morgan fingerprint density at radius 2 is 2.06 bits per heavy atom. The number of hydrogen-bond acceptors (Lipinski definition) is 3. The Balaban J connectivity index is 2.89. The van der Waals surface area contributed by atoms with E-state index in [9.17, 15) is 4.79 Å². The molecule has 0 aliphatic carbocycles. The second kappa shape index (κ2) is 5.45. The highest BCUT2D eigenvalue weighted by molar-refractivity contribution is 7.99. The van der Waals surface area contributed by atoms with Crippen molar-refractivity contribution in [3.63, 3.8) is 0 Å². The molecule has 0 fully saturated rings. The number of carbonyl (C=O) groups is 1. The molecule has 1 N–H and O–H groups in total. The largest absolute Gasteiger partial charge is 0.496 e. The fraction of sp³-hybridized carbons (Fsp3) is 0.462.